The van der Waals surface area contributed by atoms with Gasteiger partial charge in [-0.1, -0.05) is 30.3 Å². The van der Waals surface area contributed by atoms with Gasteiger partial charge in [0.2, 0.25) is 0 Å². The van der Waals surface area contributed by atoms with Crippen LogP contribution in [0.5, 0.6) is 0 Å². The van der Waals surface area contributed by atoms with Gasteiger partial charge in [0.05, 0.1) is 22.6 Å². The van der Waals surface area contributed by atoms with E-state index in [0.29, 0.717) is 0 Å². The lowest BCUT2D eigenvalue weighted by atomic mass is 10.1. The number of hydrogen-bond acceptors (Lipinski definition) is 5. The number of carbonyl (C=O) groups excluding carboxylic acids is 2. The first-order chi connectivity index (χ1) is 13.1. The van der Waals surface area contributed by atoms with Gasteiger partial charge in [0.15, 0.2) is 6.10 Å². The fourth-order valence-electron chi connectivity index (χ4n) is 2.36. The molecule has 1 unspecified atom stereocenters. The molecule has 2 aromatic rings. The van der Waals surface area contributed by atoms with Crippen LogP contribution in [0.3, 0.4) is 0 Å². The van der Waals surface area contributed by atoms with Gasteiger partial charge in [-0.3, -0.25) is 19.7 Å². The second kappa shape index (κ2) is 8.51. The molecule has 7 nitrogen and oxygen atoms in total. The number of esters is 1. The Morgan fingerprint density at radius 2 is 1.75 bits per heavy atom. The van der Waals surface area contributed by atoms with Crippen molar-refractivity contribution in [2.75, 3.05) is 5.32 Å². The maximum Gasteiger partial charge on any atom is 0.418 e. The Kier molecular flexibility index (Phi) is 6.34. The monoisotopic (exact) mass is 396 g/mol. The second-order valence-corrected chi connectivity index (χ2v) is 5.73. The lowest BCUT2D eigenvalue weighted by Crippen LogP contribution is -2.31. The molecule has 28 heavy (non-hydrogen) atoms. The van der Waals surface area contributed by atoms with Crippen LogP contribution in [-0.2, 0) is 26.9 Å². The van der Waals surface area contributed by atoms with Gasteiger partial charge in [-0.2, -0.15) is 13.2 Å². The number of ether oxygens (including phenoxy) is 1. The zero-order valence-corrected chi connectivity index (χ0v) is 14.5. The minimum Gasteiger partial charge on any atom is -0.452 e. The Balaban J connectivity index is 2.04. The average Bonchev–Trinajstić information content (AvgIpc) is 2.61. The minimum atomic E-state index is -4.67. The van der Waals surface area contributed by atoms with Crippen LogP contribution in [0.4, 0.5) is 24.5 Å². The number of benzene rings is 2. The van der Waals surface area contributed by atoms with Crippen molar-refractivity contribution in [3.63, 3.8) is 0 Å². The number of nitrogens with one attached hydrogen (secondary N) is 1. The summed E-state index contributed by atoms with van der Waals surface area (Å²) >= 11 is 0. The zero-order valence-electron chi connectivity index (χ0n) is 14.5. The van der Waals surface area contributed by atoms with Gasteiger partial charge >= 0.3 is 12.1 Å². The van der Waals surface area contributed by atoms with Crippen LogP contribution in [0.2, 0.25) is 0 Å². The van der Waals surface area contributed by atoms with Crippen molar-refractivity contribution in [2.45, 2.75) is 25.6 Å². The number of nitrogens with zero attached hydrogens (tertiary/aromatic N) is 1. The van der Waals surface area contributed by atoms with Gasteiger partial charge in [0.25, 0.3) is 11.6 Å². The predicted molar refractivity (Wildman–Crippen MR) is 92.4 cm³/mol. The Hall–Kier alpha value is -3.43. The van der Waals surface area contributed by atoms with Crippen molar-refractivity contribution in [1.29, 1.82) is 0 Å². The summed E-state index contributed by atoms with van der Waals surface area (Å²) in [4.78, 5) is 34.4. The van der Waals surface area contributed by atoms with Crippen LogP contribution >= 0.6 is 0 Å². The summed E-state index contributed by atoms with van der Waals surface area (Å²) in [5, 5.41) is 13.0. The van der Waals surface area contributed by atoms with Crippen molar-refractivity contribution < 1.29 is 32.4 Å². The number of amides is 1. The first-order valence-corrected chi connectivity index (χ1v) is 7.98. The largest absolute Gasteiger partial charge is 0.452 e. The molecule has 2 aromatic carbocycles. The van der Waals surface area contributed by atoms with Crippen molar-refractivity contribution in [2.24, 2.45) is 0 Å². The summed E-state index contributed by atoms with van der Waals surface area (Å²) in [6.45, 7) is 1.18. The number of carbonyl (C=O) groups is 2. The Morgan fingerprint density at radius 3 is 2.39 bits per heavy atom. The van der Waals surface area contributed by atoms with E-state index in [9.17, 15) is 32.9 Å². The van der Waals surface area contributed by atoms with Gasteiger partial charge in [0.1, 0.15) is 0 Å². The quantitative estimate of drug-likeness (QED) is 0.456. The van der Waals surface area contributed by atoms with E-state index in [1.807, 2.05) is 0 Å². The number of nitro groups is 1. The standard InChI is InChI=1S/C18H15F3N2O5/c1-11(17(25)22-14-8-4-3-7-13(14)18(19,20)21)28-16(24)10-12-6-2-5-9-15(12)23(26)27/h2-9,11H,10H2,1H3,(H,22,25). The molecule has 0 fully saturated rings. The highest BCUT2D eigenvalue weighted by atomic mass is 19.4. The number of halogens is 3. The molecule has 0 aliphatic carbocycles. The molecule has 0 bridgehead atoms. The first-order valence-electron chi connectivity index (χ1n) is 7.98. The topological polar surface area (TPSA) is 98.5 Å². The molecule has 0 aliphatic rings. The van der Waals surface area contributed by atoms with Crippen molar-refractivity contribution in [3.8, 4) is 0 Å². The lowest BCUT2D eigenvalue weighted by molar-refractivity contribution is -0.385. The molecule has 10 heteroatoms. The van der Waals surface area contributed by atoms with Gasteiger partial charge in [-0.15, -0.1) is 0 Å². The van der Waals surface area contributed by atoms with Crippen LogP contribution < -0.4 is 5.32 Å². The van der Waals surface area contributed by atoms with E-state index >= 15 is 0 Å². The highest BCUT2D eigenvalue weighted by molar-refractivity contribution is 5.95. The number of hydrogen-bond donors (Lipinski definition) is 1. The number of para-hydroxylation sites is 2. The fraction of sp³-hybridized carbons (Fsp3) is 0.222. The van der Waals surface area contributed by atoms with Gasteiger partial charge in [-0.25, -0.2) is 0 Å². The Bertz CT molecular complexity index is 899. The van der Waals surface area contributed by atoms with Crippen molar-refractivity contribution >= 4 is 23.3 Å². The highest BCUT2D eigenvalue weighted by Crippen LogP contribution is 2.34. The summed E-state index contributed by atoms with van der Waals surface area (Å²) in [5.41, 5.74) is -1.70. The third-order valence-corrected chi connectivity index (χ3v) is 3.69. The molecule has 0 saturated heterocycles. The van der Waals surface area contributed by atoms with Crippen molar-refractivity contribution in [1.82, 2.24) is 0 Å². The minimum absolute atomic E-state index is 0.0903. The molecule has 0 heterocycles. The van der Waals surface area contributed by atoms with Gasteiger partial charge < -0.3 is 10.1 Å². The molecule has 0 aromatic heterocycles. The zero-order chi connectivity index (χ0) is 20.9. The van der Waals surface area contributed by atoms with Gasteiger partial charge in [-0.05, 0) is 19.1 Å². The van der Waals surface area contributed by atoms with Crippen LogP contribution in [0, 0.1) is 10.1 Å². The third kappa shape index (κ3) is 5.29. The van der Waals surface area contributed by atoms with E-state index < -0.39 is 46.8 Å². The molecule has 148 valence electrons. The molecule has 1 atom stereocenters. The summed E-state index contributed by atoms with van der Waals surface area (Å²) in [5.74, 6) is -1.89. The third-order valence-electron chi connectivity index (χ3n) is 3.69. The summed E-state index contributed by atoms with van der Waals surface area (Å²) in [7, 11) is 0. The Labute approximate surface area is 157 Å². The average molecular weight is 396 g/mol. The fourth-order valence-corrected chi connectivity index (χ4v) is 2.36. The number of anilines is 1. The molecular formula is C18H15F3N2O5. The summed E-state index contributed by atoms with van der Waals surface area (Å²) < 4.78 is 43.8. The molecule has 0 spiro atoms. The maximum atomic E-state index is 13.0. The molecule has 2 rings (SSSR count). The van der Waals surface area contributed by atoms with Crippen LogP contribution in [0.1, 0.15) is 18.1 Å². The molecular weight excluding hydrogens is 381 g/mol. The highest BCUT2D eigenvalue weighted by Gasteiger charge is 2.34. The van der Waals surface area contributed by atoms with Gasteiger partial charge in [0, 0.05) is 11.6 Å². The van der Waals surface area contributed by atoms with E-state index in [-0.39, 0.29) is 11.3 Å². The summed E-state index contributed by atoms with van der Waals surface area (Å²) in [6.07, 6.45) is -6.54. The maximum absolute atomic E-state index is 13.0. The van der Waals surface area contributed by atoms with E-state index in [0.717, 1.165) is 12.1 Å². The van der Waals surface area contributed by atoms with Crippen LogP contribution in [0.15, 0.2) is 48.5 Å². The second-order valence-electron chi connectivity index (χ2n) is 5.73. The Morgan fingerprint density at radius 1 is 1.14 bits per heavy atom. The molecule has 0 aliphatic heterocycles. The van der Waals surface area contributed by atoms with E-state index in [1.165, 1.54) is 43.3 Å². The lowest BCUT2D eigenvalue weighted by Gasteiger charge is -2.16. The van der Waals surface area contributed by atoms with Crippen molar-refractivity contribution in [3.05, 3.63) is 69.8 Å². The molecule has 1 amide bonds. The van der Waals surface area contributed by atoms with Crippen LogP contribution in [0.25, 0.3) is 0 Å². The molecule has 0 saturated carbocycles. The predicted octanol–water partition coefficient (Wildman–Crippen LogP) is 3.73. The van der Waals surface area contributed by atoms with Crippen LogP contribution in [-0.4, -0.2) is 22.9 Å². The number of alkyl halides is 3. The molecule has 1 N–H and O–H groups in total. The smallest absolute Gasteiger partial charge is 0.418 e. The normalized spacial score (nSPS) is 12.1. The number of nitro benzene ring substituents is 1. The van der Waals surface area contributed by atoms with E-state index in [4.69, 9.17) is 4.74 Å². The molecule has 0 radical (unpaired) electrons. The SMILES string of the molecule is CC(OC(=O)Cc1ccccc1[N+](=O)[O-])C(=O)Nc1ccccc1C(F)(F)F. The van der Waals surface area contributed by atoms with E-state index in [1.54, 1.807) is 0 Å². The summed E-state index contributed by atoms with van der Waals surface area (Å²) in [6, 6.07) is 9.88. The number of rotatable bonds is 6. The first kappa shape index (κ1) is 20.9. The van der Waals surface area contributed by atoms with E-state index in [2.05, 4.69) is 5.32 Å².